The summed E-state index contributed by atoms with van der Waals surface area (Å²) < 4.78 is 0. The number of carbonyl (C=O) groups excluding carboxylic acids is 1. The summed E-state index contributed by atoms with van der Waals surface area (Å²) in [4.78, 5) is 32.4. The Bertz CT molecular complexity index is 961. The number of likely N-dealkylation sites (tertiary alicyclic amines) is 2. The van der Waals surface area contributed by atoms with Crippen molar-refractivity contribution in [3.8, 4) is 0 Å². The second-order valence-electron chi connectivity index (χ2n) is 8.47. The number of H-pyrrole nitrogens is 1. The van der Waals surface area contributed by atoms with Gasteiger partial charge in [-0.3, -0.25) is 14.5 Å². The highest BCUT2D eigenvalue weighted by atomic mass is 35.5. The minimum absolute atomic E-state index is 0.0635. The summed E-state index contributed by atoms with van der Waals surface area (Å²) in [6.07, 6.45) is 3.59. The normalized spacial score (nSPS) is 24.9. The Labute approximate surface area is 187 Å². The largest absolute Gasteiger partial charge is 0.389 e. The first-order chi connectivity index (χ1) is 15.0. The van der Waals surface area contributed by atoms with Gasteiger partial charge in [-0.1, -0.05) is 41.9 Å². The highest BCUT2D eigenvalue weighted by Gasteiger charge is 2.45. The molecule has 2 fully saturated rings. The minimum Gasteiger partial charge on any atom is -0.389 e. The van der Waals surface area contributed by atoms with Crippen LogP contribution in [0, 0.1) is 0 Å². The molecule has 4 rings (SSSR count). The number of benzene rings is 1. The lowest BCUT2D eigenvalue weighted by Crippen LogP contribution is -2.62. The molecule has 2 aliphatic rings. The number of carbonyl (C=O) groups is 1. The lowest BCUT2D eigenvalue weighted by Gasteiger charge is -2.46. The van der Waals surface area contributed by atoms with Gasteiger partial charge in [-0.25, -0.2) is 0 Å². The maximum absolute atomic E-state index is 13.1. The summed E-state index contributed by atoms with van der Waals surface area (Å²) in [5.41, 5.74) is -0.723. The quantitative estimate of drug-likeness (QED) is 0.632. The fourth-order valence-corrected chi connectivity index (χ4v) is 4.83. The van der Waals surface area contributed by atoms with Gasteiger partial charge in [-0.15, -0.1) is 0 Å². The summed E-state index contributed by atoms with van der Waals surface area (Å²) in [5.74, 6) is -0.544. The number of amides is 1. The zero-order valence-electron chi connectivity index (χ0n) is 17.5. The highest BCUT2D eigenvalue weighted by Crippen LogP contribution is 2.34. The van der Waals surface area contributed by atoms with Crippen molar-refractivity contribution in [1.82, 2.24) is 20.1 Å². The number of halogens is 1. The van der Waals surface area contributed by atoms with Crippen molar-refractivity contribution in [3.63, 3.8) is 0 Å². The third kappa shape index (κ3) is 4.85. The summed E-state index contributed by atoms with van der Waals surface area (Å²) >= 11 is 5.98. The molecule has 0 saturated carbocycles. The molecule has 0 spiro atoms. The van der Waals surface area contributed by atoms with Crippen LogP contribution in [0.5, 0.6) is 0 Å². The number of aliphatic hydroxyl groups excluding tert-OH is 1. The van der Waals surface area contributed by atoms with Crippen molar-refractivity contribution >= 4 is 17.5 Å². The van der Waals surface area contributed by atoms with Crippen LogP contribution in [0.1, 0.15) is 35.2 Å². The third-order valence-corrected chi connectivity index (χ3v) is 6.71. The third-order valence-electron chi connectivity index (χ3n) is 6.49. The Morgan fingerprint density at radius 2 is 1.87 bits per heavy atom. The summed E-state index contributed by atoms with van der Waals surface area (Å²) in [5, 5.41) is 14.5. The van der Waals surface area contributed by atoms with Crippen molar-refractivity contribution in [2.75, 3.05) is 39.3 Å². The van der Waals surface area contributed by atoms with Crippen LogP contribution in [-0.2, 0) is 5.54 Å². The number of rotatable bonds is 6. The van der Waals surface area contributed by atoms with E-state index in [1.54, 1.807) is 0 Å². The van der Waals surface area contributed by atoms with Crippen molar-refractivity contribution in [2.24, 2.45) is 0 Å². The lowest BCUT2D eigenvalue weighted by atomic mass is 9.78. The van der Waals surface area contributed by atoms with Crippen LogP contribution < -0.4 is 10.9 Å². The maximum Gasteiger partial charge on any atom is 0.260 e. The molecular weight excluding hydrogens is 416 g/mol. The zero-order chi connectivity index (χ0) is 21.8. The SMILES string of the molecule is O=C(N[C@]1(c2ccccc2)CCN(CCN2CCCC2)C[C@H]1O)c1cc(Cl)c[nH]c1=O. The van der Waals surface area contributed by atoms with Crippen LogP contribution in [0.4, 0.5) is 0 Å². The minimum atomic E-state index is -0.975. The zero-order valence-corrected chi connectivity index (χ0v) is 18.3. The van der Waals surface area contributed by atoms with E-state index in [-0.39, 0.29) is 10.6 Å². The molecule has 3 N–H and O–H groups in total. The van der Waals surface area contributed by atoms with E-state index in [9.17, 15) is 14.7 Å². The fourth-order valence-electron chi connectivity index (χ4n) is 4.67. The first kappa shape index (κ1) is 22.0. The number of aliphatic hydroxyl groups is 1. The van der Waals surface area contributed by atoms with E-state index in [4.69, 9.17) is 11.6 Å². The van der Waals surface area contributed by atoms with E-state index in [2.05, 4.69) is 20.1 Å². The van der Waals surface area contributed by atoms with E-state index in [1.165, 1.54) is 25.1 Å². The molecule has 0 bridgehead atoms. The first-order valence-corrected chi connectivity index (χ1v) is 11.2. The highest BCUT2D eigenvalue weighted by molar-refractivity contribution is 6.30. The number of pyridine rings is 1. The van der Waals surface area contributed by atoms with Gasteiger partial charge in [0, 0.05) is 32.4 Å². The molecule has 2 atom stereocenters. The van der Waals surface area contributed by atoms with Gasteiger partial charge in [-0.2, -0.15) is 0 Å². The van der Waals surface area contributed by atoms with E-state index >= 15 is 0 Å². The summed E-state index contributed by atoms with van der Waals surface area (Å²) in [7, 11) is 0. The summed E-state index contributed by atoms with van der Waals surface area (Å²) in [6, 6.07) is 10.9. The number of hydrogen-bond donors (Lipinski definition) is 3. The van der Waals surface area contributed by atoms with Gasteiger partial charge in [0.2, 0.25) is 0 Å². The average molecular weight is 445 g/mol. The Kier molecular flexibility index (Phi) is 6.77. The Balaban J connectivity index is 1.54. The van der Waals surface area contributed by atoms with Crippen LogP contribution in [-0.4, -0.2) is 71.2 Å². The van der Waals surface area contributed by atoms with Crippen LogP contribution in [0.3, 0.4) is 0 Å². The molecule has 2 saturated heterocycles. The molecule has 1 aromatic heterocycles. The molecule has 2 aromatic rings. The van der Waals surface area contributed by atoms with Gasteiger partial charge in [-0.05, 0) is 44.0 Å². The fraction of sp³-hybridized carbons (Fsp3) is 0.478. The van der Waals surface area contributed by atoms with E-state index in [1.807, 2.05) is 30.3 Å². The average Bonchev–Trinajstić information content (AvgIpc) is 3.30. The monoisotopic (exact) mass is 444 g/mol. The predicted octanol–water partition coefficient (Wildman–Crippen LogP) is 1.82. The van der Waals surface area contributed by atoms with Crippen molar-refractivity contribution in [2.45, 2.75) is 30.9 Å². The smallest absolute Gasteiger partial charge is 0.260 e. The van der Waals surface area contributed by atoms with Crippen LogP contribution in [0.15, 0.2) is 47.4 Å². The Morgan fingerprint density at radius 1 is 1.16 bits per heavy atom. The number of hydrogen-bond acceptors (Lipinski definition) is 5. The molecule has 8 heteroatoms. The molecule has 0 aliphatic carbocycles. The van der Waals surface area contributed by atoms with Gasteiger partial charge in [0.15, 0.2) is 0 Å². The molecule has 166 valence electrons. The number of nitrogens with one attached hydrogen (secondary N) is 2. The topological polar surface area (TPSA) is 88.7 Å². The molecular formula is C23H29ClN4O3. The Morgan fingerprint density at radius 3 is 2.58 bits per heavy atom. The molecule has 0 unspecified atom stereocenters. The molecule has 7 nitrogen and oxygen atoms in total. The van der Waals surface area contributed by atoms with Gasteiger partial charge in [0.25, 0.3) is 11.5 Å². The van der Waals surface area contributed by atoms with Crippen molar-refractivity contribution in [1.29, 1.82) is 0 Å². The van der Waals surface area contributed by atoms with Gasteiger partial charge in [0.05, 0.1) is 16.7 Å². The molecule has 1 aromatic carbocycles. The first-order valence-electron chi connectivity index (χ1n) is 10.9. The van der Waals surface area contributed by atoms with E-state index in [0.717, 1.165) is 38.3 Å². The van der Waals surface area contributed by atoms with Crippen molar-refractivity contribution in [3.05, 3.63) is 69.1 Å². The number of piperidine rings is 1. The number of aromatic nitrogens is 1. The Hall–Kier alpha value is -2.19. The van der Waals surface area contributed by atoms with Crippen LogP contribution in [0.2, 0.25) is 5.02 Å². The predicted molar refractivity (Wildman–Crippen MR) is 120 cm³/mol. The van der Waals surface area contributed by atoms with Gasteiger partial charge >= 0.3 is 0 Å². The molecule has 31 heavy (non-hydrogen) atoms. The van der Waals surface area contributed by atoms with Gasteiger partial charge < -0.3 is 20.3 Å². The molecule has 2 aliphatic heterocycles. The molecule has 0 radical (unpaired) electrons. The van der Waals surface area contributed by atoms with E-state index in [0.29, 0.717) is 13.0 Å². The number of nitrogens with zero attached hydrogens (tertiary/aromatic N) is 2. The van der Waals surface area contributed by atoms with Crippen LogP contribution >= 0.6 is 11.6 Å². The number of β-amino-alcohol motifs (C(OH)–C–C–N with tert-alkyl or cyclic N) is 1. The maximum atomic E-state index is 13.1. The second kappa shape index (κ2) is 9.53. The standard InChI is InChI=1S/C23H29ClN4O3/c24-18-14-19(21(30)25-15-18)22(31)26-23(17-6-2-1-3-7-17)8-11-28(16-20(23)29)13-12-27-9-4-5-10-27/h1-3,6-7,14-15,20,29H,4-5,8-13,16H2,(H,25,30)(H,26,31)/t20-,23+/m1/s1. The lowest BCUT2D eigenvalue weighted by molar-refractivity contribution is -0.0171. The van der Waals surface area contributed by atoms with Gasteiger partial charge in [0.1, 0.15) is 5.56 Å². The second-order valence-corrected chi connectivity index (χ2v) is 8.90. The molecule has 1 amide bonds. The summed E-state index contributed by atoms with van der Waals surface area (Å²) in [6.45, 7) is 5.38. The van der Waals surface area contributed by atoms with Crippen molar-refractivity contribution < 1.29 is 9.90 Å². The molecule has 3 heterocycles. The van der Waals surface area contributed by atoms with E-state index < -0.39 is 23.1 Å². The van der Waals surface area contributed by atoms with Crippen LogP contribution in [0.25, 0.3) is 0 Å². The number of aromatic amines is 1.